The van der Waals surface area contributed by atoms with Crippen molar-refractivity contribution in [2.75, 3.05) is 7.11 Å². The number of hydrogen-bond donors (Lipinski definition) is 1. The molecule has 1 aliphatic carbocycles. The van der Waals surface area contributed by atoms with E-state index in [9.17, 15) is 4.39 Å². The molecule has 0 aliphatic heterocycles. The van der Waals surface area contributed by atoms with Crippen LogP contribution in [0.1, 0.15) is 18.4 Å². The van der Waals surface area contributed by atoms with Crippen molar-refractivity contribution in [3.63, 3.8) is 0 Å². The maximum atomic E-state index is 13.5. The van der Waals surface area contributed by atoms with Crippen LogP contribution in [0.15, 0.2) is 52.3 Å². The van der Waals surface area contributed by atoms with Crippen LogP contribution in [0.2, 0.25) is 0 Å². The zero-order valence-electron chi connectivity index (χ0n) is 11.9. The first kappa shape index (κ1) is 14.4. The molecule has 0 bridgehead atoms. The van der Waals surface area contributed by atoms with Crippen molar-refractivity contribution >= 4 is 11.8 Å². The van der Waals surface area contributed by atoms with Gasteiger partial charge in [0.25, 0.3) is 0 Å². The van der Waals surface area contributed by atoms with Gasteiger partial charge in [-0.15, -0.1) is 0 Å². The highest BCUT2D eigenvalue weighted by Gasteiger charge is 2.20. The van der Waals surface area contributed by atoms with E-state index in [-0.39, 0.29) is 5.82 Å². The Morgan fingerprint density at radius 1 is 1.24 bits per heavy atom. The Labute approximate surface area is 128 Å². The number of benzene rings is 2. The van der Waals surface area contributed by atoms with Crippen LogP contribution in [0.4, 0.5) is 4.39 Å². The number of methoxy groups -OCH3 is 1. The Balaban J connectivity index is 1.79. The van der Waals surface area contributed by atoms with Crippen molar-refractivity contribution < 1.29 is 9.13 Å². The molecule has 0 aromatic heterocycles. The Kier molecular flexibility index (Phi) is 4.46. The molecule has 4 heteroatoms. The molecule has 110 valence electrons. The molecule has 0 spiro atoms. The van der Waals surface area contributed by atoms with E-state index in [1.807, 2.05) is 30.3 Å². The summed E-state index contributed by atoms with van der Waals surface area (Å²) in [6, 6.07) is 13.5. The van der Waals surface area contributed by atoms with Crippen LogP contribution in [0, 0.1) is 5.82 Å². The highest BCUT2D eigenvalue weighted by molar-refractivity contribution is 7.99. The van der Waals surface area contributed by atoms with Crippen LogP contribution in [0.25, 0.3) is 0 Å². The zero-order valence-corrected chi connectivity index (χ0v) is 12.8. The molecule has 1 fully saturated rings. The summed E-state index contributed by atoms with van der Waals surface area (Å²) in [5.41, 5.74) is 1.01. The third-order valence-electron chi connectivity index (χ3n) is 3.45. The highest BCUT2D eigenvalue weighted by atomic mass is 32.2. The van der Waals surface area contributed by atoms with Crippen molar-refractivity contribution in [1.82, 2.24) is 5.32 Å². The standard InChI is InChI=1S/C17H18FNOS/c1-20-15-3-2-4-16(10-15)21-17-8-5-13(18)9-12(17)11-19-14-6-7-14/h2-5,8-10,14,19H,6-7,11H2,1H3. The Morgan fingerprint density at radius 3 is 2.86 bits per heavy atom. The van der Waals surface area contributed by atoms with Gasteiger partial charge in [0.2, 0.25) is 0 Å². The van der Waals surface area contributed by atoms with E-state index in [1.54, 1.807) is 24.9 Å². The van der Waals surface area contributed by atoms with Crippen LogP contribution in [0.3, 0.4) is 0 Å². The fourth-order valence-corrected chi connectivity index (χ4v) is 3.09. The zero-order chi connectivity index (χ0) is 14.7. The van der Waals surface area contributed by atoms with E-state index in [4.69, 9.17) is 4.74 Å². The largest absolute Gasteiger partial charge is 0.497 e. The predicted octanol–water partition coefficient (Wildman–Crippen LogP) is 4.24. The maximum absolute atomic E-state index is 13.5. The predicted molar refractivity (Wildman–Crippen MR) is 83.4 cm³/mol. The number of ether oxygens (including phenoxy) is 1. The van der Waals surface area contributed by atoms with Gasteiger partial charge in [-0.05, 0) is 54.8 Å². The van der Waals surface area contributed by atoms with Gasteiger partial charge in [0.1, 0.15) is 11.6 Å². The van der Waals surface area contributed by atoms with Crippen LogP contribution in [-0.4, -0.2) is 13.2 Å². The molecule has 0 unspecified atom stereocenters. The maximum Gasteiger partial charge on any atom is 0.123 e. The molecular weight excluding hydrogens is 285 g/mol. The molecular formula is C17H18FNOS. The first-order valence-electron chi connectivity index (χ1n) is 7.08. The lowest BCUT2D eigenvalue weighted by atomic mass is 10.2. The molecule has 0 heterocycles. The van der Waals surface area contributed by atoms with E-state index in [0.29, 0.717) is 12.6 Å². The van der Waals surface area contributed by atoms with E-state index in [0.717, 1.165) is 21.1 Å². The van der Waals surface area contributed by atoms with Gasteiger partial charge in [0.05, 0.1) is 7.11 Å². The normalized spacial score (nSPS) is 14.2. The Bertz CT molecular complexity index is 628. The second-order valence-electron chi connectivity index (χ2n) is 5.19. The molecule has 0 saturated heterocycles. The van der Waals surface area contributed by atoms with Crippen LogP contribution in [-0.2, 0) is 6.54 Å². The third-order valence-corrected chi connectivity index (χ3v) is 4.56. The monoisotopic (exact) mass is 303 g/mol. The number of hydrogen-bond acceptors (Lipinski definition) is 3. The van der Waals surface area contributed by atoms with E-state index >= 15 is 0 Å². The number of halogens is 1. The molecule has 2 nitrogen and oxygen atoms in total. The van der Waals surface area contributed by atoms with Gasteiger partial charge in [-0.3, -0.25) is 0 Å². The highest BCUT2D eigenvalue weighted by Crippen LogP contribution is 2.33. The minimum atomic E-state index is -0.183. The Hall–Kier alpha value is -1.52. The Morgan fingerprint density at radius 2 is 2.10 bits per heavy atom. The molecule has 2 aromatic rings. The quantitative estimate of drug-likeness (QED) is 0.862. The second-order valence-corrected chi connectivity index (χ2v) is 6.30. The molecule has 1 N–H and O–H groups in total. The van der Waals surface area contributed by atoms with Crippen molar-refractivity contribution in [1.29, 1.82) is 0 Å². The first-order valence-corrected chi connectivity index (χ1v) is 7.90. The number of nitrogens with one attached hydrogen (secondary N) is 1. The summed E-state index contributed by atoms with van der Waals surface area (Å²) in [5.74, 6) is 0.650. The molecule has 3 rings (SSSR count). The molecule has 1 aliphatic rings. The molecule has 0 radical (unpaired) electrons. The summed E-state index contributed by atoms with van der Waals surface area (Å²) in [7, 11) is 1.66. The van der Waals surface area contributed by atoms with Crippen molar-refractivity contribution in [3.8, 4) is 5.75 Å². The third kappa shape index (κ3) is 3.99. The minimum Gasteiger partial charge on any atom is -0.497 e. The van der Waals surface area contributed by atoms with Gasteiger partial charge in [0, 0.05) is 22.4 Å². The summed E-state index contributed by atoms with van der Waals surface area (Å²) >= 11 is 1.64. The van der Waals surface area contributed by atoms with Gasteiger partial charge >= 0.3 is 0 Å². The molecule has 2 aromatic carbocycles. The van der Waals surface area contributed by atoms with Crippen LogP contribution in [0.5, 0.6) is 5.75 Å². The van der Waals surface area contributed by atoms with Gasteiger partial charge in [-0.25, -0.2) is 4.39 Å². The molecule has 0 atom stereocenters. The SMILES string of the molecule is COc1cccc(Sc2ccc(F)cc2CNC2CC2)c1. The van der Waals surface area contributed by atoms with E-state index < -0.39 is 0 Å². The summed E-state index contributed by atoms with van der Waals surface area (Å²) in [4.78, 5) is 2.17. The van der Waals surface area contributed by atoms with Gasteiger partial charge < -0.3 is 10.1 Å². The number of rotatable bonds is 6. The average molecular weight is 303 g/mol. The summed E-state index contributed by atoms with van der Waals surface area (Å²) in [6.07, 6.45) is 2.46. The van der Waals surface area contributed by atoms with Crippen molar-refractivity contribution in [3.05, 3.63) is 53.8 Å². The second kappa shape index (κ2) is 6.50. The fraction of sp³-hybridized carbons (Fsp3) is 0.294. The smallest absolute Gasteiger partial charge is 0.123 e. The minimum absolute atomic E-state index is 0.183. The molecule has 1 saturated carbocycles. The molecule has 0 amide bonds. The lowest BCUT2D eigenvalue weighted by Gasteiger charge is -2.11. The van der Waals surface area contributed by atoms with Crippen molar-refractivity contribution in [2.45, 2.75) is 35.2 Å². The first-order chi connectivity index (χ1) is 10.2. The summed E-state index contributed by atoms with van der Waals surface area (Å²) in [6.45, 7) is 0.717. The average Bonchev–Trinajstić information content (AvgIpc) is 3.32. The fourth-order valence-electron chi connectivity index (χ4n) is 2.12. The summed E-state index contributed by atoms with van der Waals surface area (Å²) < 4.78 is 18.7. The van der Waals surface area contributed by atoms with Crippen molar-refractivity contribution in [2.24, 2.45) is 0 Å². The molecule has 21 heavy (non-hydrogen) atoms. The lowest BCUT2D eigenvalue weighted by molar-refractivity contribution is 0.413. The van der Waals surface area contributed by atoms with Crippen LogP contribution < -0.4 is 10.1 Å². The lowest BCUT2D eigenvalue weighted by Crippen LogP contribution is -2.15. The van der Waals surface area contributed by atoms with Gasteiger partial charge in [-0.2, -0.15) is 0 Å². The van der Waals surface area contributed by atoms with E-state index in [2.05, 4.69) is 5.32 Å². The van der Waals surface area contributed by atoms with Gasteiger partial charge in [0.15, 0.2) is 0 Å². The summed E-state index contributed by atoms with van der Waals surface area (Å²) in [5, 5.41) is 3.44. The van der Waals surface area contributed by atoms with Gasteiger partial charge in [-0.1, -0.05) is 17.8 Å². The van der Waals surface area contributed by atoms with Crippen LogP contribution >= 0.6 is 11.8 Å². The van der Waals surface area contributed by atoms with E-state index in [1.165, 1.54) is 18.9 Å². The topological polar surface area (TPSA) is 21.3 Å².